The number of nitrogens with zero attached hydrogens (tertiary/aromatic N) is 2. The fourth-order valence-corrected chi connectivity index (χ4v) is 2.22. The Balaban J connectivity index is 1.73. The number of hydrogen-bond donors (Lipinski definition) is 1. The lowest BCUT2D eigenvalue weighted by Gasteiger charge is -2.05. The van der Waals surface area contributed by atoms with Gasteiger partial charge in [-0.2, -0.15) is 0 Å². The largest absolute Gasteiger partial charge is 0.496 e. The Morgan fingerprint density at radius 1 is 1.22 bits per heavy atom. The molecule has 2 aromatic carbocycles. The van der Waals surface area contributed by atoms with Crippen LogP contribution in [0.15, 0.2) is 46.9 Å². The van der Waals surface area contributed by atoms with Crippen LogP contribution in [-0.4, -0.2) is 17.3 Å². The van der Waals surface area contributed by atoms with Crippen molar-refractivity contribution in [3.8, 4) is 17.2 Å². The minimum atomic E-state index is -0.464. The minimum absolute atomic E-state index is 0.0511. The summed E-state index contributed by atoms with van der Waals surface area (Å²) in [5.74, 6) is 0.956. The smallest absolute Gasteiger partial charge is 0.251 e. The van der Waals surface area contributed by atoms with Crippen LogP contribution >= 0.6 is 11.6 Å². The molecule has 0 saturated heterocycles. The van der Waals surface area contributed by atoms with Gasteiger partial charge < -0.3 is 14.5 Å². The van der Waals surface area contributed by atoms with E-state index in [1.165, 1.54) is 12.1 Å². The van der Waals surface area contributed by atoms with E-state index in [2.05, 4.69) is 15.5 Å². The van der Waals surface area contributed by atoms with E-state index in [1.54, 1.807) is 13.2 Å². The maximum atomic E-state index is 13.1. The van der Waals surface area contributed by atoms with Crippen LogP contribution in [0.3, 0.4) is 0 Å². The van der Waals surface area contributed by atoms with Gasteiger partial charge in [0.15, 0.2) is 0 Å². The Kier molecular flexibility index (Phi) is 4.43. The van der Waals surface area contributed by atoms with E-state index in [0.717, 1.165) is 5.56 Å². The topological polar surface area (TPSA) is 60.2 Å². The highest BCUT2D eigenvalue weighted by molar-refractivity contribution is 6.31. The third kappa shape index (κ3) is 3.43. The molecule has 1 N–H and O–H groups in total. The number of anilines is 1. The molecule has 7 heteroatoms. The summed E-state index contributed by atoms with van der Waals surface area (Å²) < 4.78 is 24.0. The maximum Gasteiger partial charge on any atom is 0.251 e. The summed E-state index contributed by atoms with van der Waals surface area (Å²) in [6.45, 7) is 0.296. The molecule has 0 atom stereocenters. The van der Waals surface area contributed by atoms with Crippen LogP contribution in [0.2, 0.25) is 5.02 Å². The number of benzene rings is 2. The highest BCUT2D eigenvalue weighted by atomic mass is 35.5. The van der Waals surface area contributed by atoms with Crippen molar-refractivity contribution in [2.75, 3.05) is 12.4 Å². The Labute approximate surface area is 137 Å². The molecular weight excluding hydrogens is 321 g/mol. The molecule has 0 fully saturated rings. The highest BCUT2D eigenvalue weighted by Gasteiger charge is 2.12. The highest BCUT2D eigenvalue weighted by Crippen LogP contribution is 2.28. The quantitative estimate of drug-likeness (QED) is 0.760. The Morgan fingerprint density at radius 2 is 2.04 bits per heavy atom. The molecule has 0 bridgehead atoms. The van der Waals surface area contributed by atoms with E-state index < -0.39 is 5.82 Å². The van der Waals surface area contributed by atoms with E-state index in [4.69, 9.17) is 20.8 Å². The van der Waals surface area contributed by atoms with Crippen molar-refractivity contribution in [1.29, 1.82) is 0 Å². The normalized spacial score (nSPS) is 10.6. The van der Waals surface area contributed by atoms with Crippen LogP contribution in [0.4, 0.5) is 10.1 Å². The first kappa shape index (κ1) is 15.3. The summed E-state index contributed by atoms with van der Waals surface area (Å²) >= 11 is 5.73. The Morgan fingerprint density at radius 3 is 2.83 bits per heavy atom. The minimum Gasteiger partial charge on any atom is -0.496 e. The number of halogens is 2. The van der Waals surface area contributed by atoms with Crippen molar-refractivity contribution in [2.45, 2.75) is 6.54 Å². The van der Waals surface area contributed by atoms with Crippen LogP contribution in [0.1, 0.15) is 5.89 Å². The number of ether oxygens (including phenoxy) is 1. The number of methoxy groups -OCH3 is 1. The summed E-state index contributed by atoms with van der Waals surface area (Å²) in [5.41, 5.74) is 1.38. The fraction of sp³-hybridized carbons (Fsp3) is 0.125. The predicted molar refractivity (Wildman–Crippen MR) is 85.0 cm³/mol. The van der Waals surface area contributed by atoms with Gasteiger partial charge in [0.1, 0.15) is 11.6 Å². The molecule has 1 aromatic heterocycles. The van der Waals surface area contributed by atoms with Crippen LogP contribution < -0.4 is 10.1 Å². The monoisotopic (exact) mass is 333 g/mol. The number of rotatable bonds is 5. The molecule has 0 aliphatic heterocycles. The van der Waals surface area contributed by atoms with Gasteiger partial charge in [0.2, 0.25) is 5.89 Å². The van der Waals surface area contributed by atoms with Gasteiger partial charge in [-0.3, -0.25) is 0 Å². The molecule has 3 aromatic rings. The number of para-hydroxylation sites is 1. The summed E-state index contributed by atoms with van der Waals surface area (Å²) in [6.07, 6.45) is 0. The summed E-state index contributed by atoms with van der Waals surface area (Å²) in [7, 11) is 1.58. The molecule has 0 unspecified atom stereocenters. The average molecular weight is 334 g/mol. The van der Waals surface area contributed by atoms with Crippen molar-refractivity contribution in [3.05, 3.63) is 59.2 Å². The molecule has 3 rings (SSSR count). The van der Waals surface area contributed by atoms with Gasteiger partial charge in [-0.1, -0.05) is 23.7 Å². The third-order valence-corrected chi connectivity index (χ3v) is 3.46. The van der Waals surface area contributed by atoms with Crippen LogP contribution in [-0.2, 0) is 6.54 Å². The van der Waals surface area contributed by atoms with E-state index in [0.29, 0.717) is 29.8 Å². The lowest BCUT2D eigenvalue weighted by Crippen LogP contribution is -1.99. The van der Waals surface area contributed by atoms with Gasteiger partial charge in [0.05, 0.1) is 24.2 Å². The second kappa shape index (κ2) is 6.66. The van der Waals surface area contributed by atoms with Gasteiger partial charge in [0, 0.05) is 5.69 Å². The Hall–Kier alpha value is -2.60. The second-order valence-corrected chi connectivity index (χ2v) is 5.09. The van der Waals surface area contributed by atoms with Gasteiger partial charge in [-0.05, 0) is 30.3 Å². The third-order valence-electron chi connectivity index (χ3n) is 3.17. The zero-order valence-electron chi connectivity index (χ0n) is 12.2. The number of hydrogen-bond acceptors (Lipinski definition) is 5. The van der Waals surface area contributed by atoms with Gasteiger partial charge in [-0.15, -0.1) is 10.2 Å². The molecule has 118 valence electrons. The Bertz CT molecular complexity index is 823. The predicted octanol–water partition coefficient (Wildman–Crippen LogP) is 4.15. The molecule has 0 aliphatic rings. The van der Waals surface area contributed by atoms with E-state index in [1.807, 2.05) is 24.3 Å². The lowest BCUT2D eigenvalue weighted by molar-refractivity contribution is 0.413. The van der Waals surface area contributed by atoms with Crippen LogP contribution in [0.25, 0.3) is 11.5 Å². The maximum absolute atomic E-state index is 13.1. The van der Waals surface area contributed by atoms with Gasteiger partial charge >= 0.3 is 0 Å². The molecular formula is C16H13ClFN3O2. The molecule has 5 nitrogen and oxygen atoms in total. The summed E-state index contributed by atoms with van der Waals surface area (Å²) in [6, 6.07) is 11.7. The van der Waals surface area contributed by atoms with Gasteiger partial charge in [0.25, 0.3) is 5.89 Å². The van der Waals surface area contributed by atoms with E-state index in [-0.39, 0.29) is 5.02 Å². The summed E-state index contributed by atoms with van der Waals surface area (Å²) in [5, 5.41) is 11.1. The van der Waals surface area contributed by atoms with Crippen molar-refractivity contribution < 1.29 is 13.5 Å². The fourth-order valence-electron chi connectivity index (χ4n) is 2.04. The molecule has 0 amide bonds. The standard InChI is InChI=1S/C16H13ClFN3O2/c1-22-14-5-3-2-4-11(14)16-21-20-15(23-16)9-19-10-6-7-13(18)12(17)8-10/h2-8,19H,9H2,1H3. The molecule has 0 saturated carbocycles. The molecule has 0 spiro atoms. The van der Waals surface area contributed by atoms with Crippen molar-refractivity contribution in [3.63, 3.8) is 0 Å². The molecule has 0 aliphatic carbocycles. The first-order valence-electron chi connectivity index (χ1n) is 6.82. The zero-order chi connectivity index (χ0) is 16.2. The first-order valence-corrected chi connectivity index (χ1v) is 7.20. The summed E-state index contributed by atoms with van der Waals surface area (Å²) in [4.78, 5) is 0. The number of aromatic nitrogens is 2. The lowest BCUT2D eigenvalue weighted by atomic mass is 10.2. The van der Waals surface area contributed by atoms with Crippen molar-refractivity contribution >= 4 is 17.3 Å². The van der Waals surface area contributed by atoms with Gasteiger partial charge in [-0.25, -0.2) is 4.39 Å². The molecule has 1 heterocycles. The van der Waals surface area contributed by atoms with Crippen LogP contribution in [0.5, 0.6) is 5.75 Å². The SMILES string of the molecule is COc1ccccc1-c1nnc(CNc2ccc(F)c(Cl)c2)o1. The molecule has 0 radical (unpaired) electrons. The zero-order valence-corrected chi connectivity index (χ0v) is 13.0. The molecule has 23 heavy (non-hydrogen) atoms. The average Bonchev–Trinajstić information content (AvgIpc) is 3.04. The van der Waals surface area contributed by atoms with Crippen molar-refractivity contribution in [2.24, 2.45) is 0 Å². The van der Waals surface area contributed by atoms with Crippen LogP contribution in [0, 0.1) is 5.82 Å². The van der Waals surface area contributed by atoms with E-state index >= 15 is 0 Å². The second-order valence-electron chi connectivity index (χ2n) is 4.68. The van der Waals surface area contributed by atoms with Crippen molar-refractivity contribution in [1.82, 2.24) is 10.2 Å². The van der Waals surface area contributed by atoms with E-state index in [9.17, 15) is 4.39 Å². The number of nitrogens with one attached hydrogen (secondary N) is 1. The first-order chi connectivity index (χ1) is 11.2.